The van der Waals surface area contributed by atoms with Crippen LogP contribution >= 0.6 is 11.3 Å². The summed E-state index contributed by atoms with van der Waals surface area (Å²) < 4.78 is 6.48. The molecule has 2 N–H and O–H groups in total. The molecule has 0 aliphatic carbocycles. The molecule has 1 atom stereocenters. The van der Waals surface area contributed by atoms with Crippen LogP contribution < -0.4 is 10.2 Å². The Kier molecular flexibility index (Phi) is 7.50. The molecule has 1 heterocycles. The molecular formula is C13H22N2O4S. The van der Waals surface area contributed by atoms with Crippen molar-refractivity contribution in [2.24, 2.45) is 0 Å². The molecule has 0 saturated carbocycles. The van der Waals surface area contributed by atoms with Gasteiger partial charge in [-0.3, -0.25) is 9.59 Å². The van der Waals surface area contributed by atoms with Gasteiger partial charge in [-0.2, -0.15) is 0 Å². The first-order valence-corrected chi connectivity index (χ1v) is 7.51. The highest BCUT2D eigenvalue weighted by molar-refractivity contribution is 7.07. The third-order valence-corrected chi connectivity index (χ3v) is 3.80. The molecular weight excluding hydrogens is 280 g/mol. The number of carbonyl (C=O) groups excluding carboxylic acids is 1. The van der Waals surface area contributed by atoms with Crippen molar-refractivity contribution in [2.75, 3.05) is 20.3 Å². The third kappa shape index (κ3) is 5.85. The number of aryl methyl sites for hydroxylation is 1. The zero-order chi connectivity index (χ0) is 15.0. The molecule has 0 fully saturated rings. The lowest BCUT2D eigenvalue weighted by Gasteiger charge is -2.10. The average molecular weight is 302 g/mol. The zero-order valence-electron chi connectivity index (χ0n) is 11.9. The summed E-state index contributed by atoms with van der Waals surface area (Å²) in [6, 6.07) is 0. The zero-order valence-corrected chi connectivity index (χ0v) is 12.7. The summed E-state index contributed by atoms with van der Waals surface area (Å²) in [6.07, 6.45) is 0.932. The highest BCUT2D eigenvalue weighted by atomic mass is 32.1. The standard InChI is InChI=1S/C13H22N2O4S/c1-10-9-20-13(18)15(10)7-3-4-12(17)14-6-5-11(16)8-19-2/h9,11,16H,3-8H2,1-2H3,(H,14,17). The number of carbonyl (C=O) groups is 1. The minimum atomic E-state index is -0.549. The first kappa shape index (κ1) is 16.9. The van der Waals surface area contributed by atoms with Crippen LogP contribution in [-0.4, -0.2) is 41.9 Å². The molecule has 0 aliphatic heterocycles. The van der Waals surface area contributed by atoms with Gasteiger partial charge in [0, 0.05) is 37.7 Å². The molecule has 1 unspecified atom stereocenters. The molecule has 6 nitrogen and oxygen atoms in total. The van der Waals surface area contributed by atoms with E-state index in [4.69, 9.17) is 4.74 Å². The van der Waals surface area contributed by atoms with Crippen LogP contribution in [0.4, 0.5) is 0 Å². The maximum Gasteiger partial charge on any atom is 0.307 e. The SMILES string of the molecule is COCC(O)CCNC(=O)CCCn1c(C)csc1=O. The fourth-order valence-electron chi connectivity index (χ4n) is 1.81. The number of nitrogens with one attached hydrogen (secondary N) is 1. The highest BCUT2D eigenvalue weighted by Gasteiger charge is 2.07. The number of aliphatic hydroxyl groups is 1. The normalized spacial score (nSPS) is 12.3. The van der Waals surface area contributed by atoms with Crippen molar-refractivity contribution in [3.8, 4) is 0 Å². The number of amides is 1. The first-order chi connectivity index (χ1) is 9.54. The Morgan fingerprint density at radius 1 is 1.60 bits per heavy atom. The summed E-state index contributed by atoms with van der Waals surface area (Å²) >= 11 is 1.18. The number of methoxy groups -OCH3 is 1. The molecule has 1 aromatic rings. The van der Waals surface area contributed by atoms with Crippen LogP contribution in [0.15, 0.2) is 10.2 Å². The number of thiazole rings is 1. The Labute approximate surface area is 122 Å². The van der Waals surface area contributed by atoms with Gasteiger partial charge in [0.1, 0.15) is 0 Å². The quantitative estimate of drug-likeness (QED) is 0.696. The number of aromatic nitrogens is 1. The predicted octanol–water partition coefficient (Wildman–Crippen LogP) is 0.512. The van der Waals surface area contributed by atoms with Crippen LogP contribution in [0, 0.1) is 6.92 Å². The van der Waals surface area contributed by atoms with Crippen molar-refractivity contribution < 1.29 is 14.6 Å². The number of ether oxygens (including phenoxy) is 1. The maximum absolute atomic E-state index is 11.6. The Balaban J connectivity index is 2.16. The predicted molar refractivity (Wildman–Crippen MR) is 78.1 cm³/mol. The molecule has 0 radical (unpaired) electrons. The molecule has 0 bridgehead atoms. The van der Waals surface area contributed by atoms with E-state index in [9.17, 15) is 14.7 Å². The van der Waals surface area contributed by atoms with Gasteiger partial charge in [0.15, 0.2) is 0 Å². The molecule has 0 spiro atoms. The number of rotatable bonds is 9. The Bertz CT molecular complexity index is 469. The summed E-state index contributed by atoms with van der Waals surface area (Å²) in [4.78, 5) is 23.1. The van der Waals surface area contributed by atoms with E-state index in [1.807, 2.05) is 12.3 Å². The smallest absolute Gasteiger partial charge is 0.307 e. The topological polar surface area (TPSA) is 80.6 Å². The van der Waals surface area contributed by atoms with Crippen LogP contribution in [-0.2, 0) is 16.1 Å². The van der Waals surface area contributed by atoms with Crippen molar-refractivity contribution in [2.45, 2.75) is 38.8 Å². The number of hydrogen-bond acceptors (Lipinski definition) is 5. The van der Waals surface area contributed by atoms with E-state index in [0.29, 0.717) is 32.4 Å². The van der Waals surface area contributed by atoms with Crippen molar-refractivity contribution in [1.29, 1.82) is 0 Å². The van der Waals surface area contributed by atoms with Gasteiger partial charge in [0.2, 0.25) is 5.91 Å². The van der Waals surface area contributed by atoms with E-state index in [-0.39, 0.29) is 17.4 Å². The molecule has 20 heavy (non-hydrogen) atoms. The van der Waals surface area contributed by atoms with Crippen LogP contribution in [0.5, 0.6) is 0 Å². The highest BCUT2D eigenvalue weighted by Crippen LogP contribution is 2.02. The molecule has 1 rings (SSSR count). The second kappa shape index (κ2) is 8.89. The summed E-state index contributed by atoms with van der Waals surface area (Å²) in [5, 5.41) is 14.0. The van der Waals surface area contributed by atoms with Crippen LogP contribution in [0.3, 0.4) is 0 Å². The molecule has 0 saturated heterocycles. The summed E-state index contributed by atoms with van der Waals surface area (Å²) in [5.74, 6) is -0.0597. The fraction of sp³-hybridized carbons (Fsp3) is 0.692. The van der Waals surface area contributed by atoms with Gasteiger partial charge < -0.3 is 19.7 Å². The van der Waals surface area contributed by atoms with Gasteiger partial charge in [-0.25, -0.2) is 0 Å². The largest absolute Gasteiger partial charge is 0.391 e. The van der Waals surface area contributed by atoms with E-state index < -0.39 is 6.10 Å². The van der Waals surface area contributed by atoms with Crippen molar-refractivity contribution in [3.05, 3.63) is 20.7 Å². The van der Waals surface area contributed by atoms with Gasteiger partial charge in [-0.1, -0.05) is 11.3 Å². The van der Waals surface area contributed by atoms with Gasteiger partial charge in [0.25, 0.3) is 0 Å². The number of hydrogen-bond donors (Lipinski definition) is 2. The van der Waals surface area contributed by atoms with Crippen LogP contribution in [0.2, 0.25) is 0 Å². The number of aliphatic hydroxyl groups excluding tert-OH is 1. The Morgan fingerprint density at radius 3 is 2.95 bits per heavy atom. The molecule has 1 amide bonds. The number of nitrogens with zero attached hydrogens (tertiary/aromatic N) is 1. The third-order valence-electron chi connectivity index (χ3n) is 2.92. The minimum absolute atomic E-state index is 0.0191. The molecule has 1 aromatic heterocycles. The Hall–Kier alpha value is -1.18. The van der Waals surface area contributed by atoms with Gasteiger partial charge in [0.05, 0.1) is 12.7 Å². The van der Waals surface area contributed by atoms with Crippen LogP contribution in [0.25, 0.3) is 0 Å². The van der Waals surface area contributed by atoms with E-state index in [1.165, 1.54) is 18.4 Å². The van der Waals surface area contributed by atoms with Crippen molar-refractivity contribution in [1.82, 2.24) is 9.88 Å². The maximum atomic E-state index is 11.6. The van der Waals surface area contributed by atoms with Crippen molar-refractivity contribution >= 4 is 17.2 Å². The minimum Gasteiger partial charge on any atom is -0.391 e. The fourth-order valence-corrected chi connectivity index (χ4v) is 2.58. The second-order valence-electron chi connectivity index (χ2n) is 4.65. The first-order valence-electron chi connectivity index (χ1n) is 6.63. The van der Waals surface area contributed by atoms with E-state index >= 15 is 0 Å². The lowest BCUT2D eigenvalue weighted by Crippen LogP contribution is -2.28. The molecule has 0 aliphatic rings. The Morgan fingerprint density at radius 2 is 2.35 bits per heavy atom. The van der Waals surface area contributed by atoms with E-state index in [0.717, 1.165) is 5.69 Å². The lowest BCUT2D eigenvalue weighted by atomic mass is 10.2. The van der Waals surface area contributed by atoms with Gasteiger partial charge in [-0.05, 0) is 19.8 Å². The lowest BCUT2D eigenvalue weighted by molar-refractivity contribution is -0.121. The monoisotopic (exact) mass is 302 g/mol. The van der Waals surface area contributed by atoms with E-state index in [2.05, 4.69) is 5.32 Å². The van der Waals surface area contributed by atoms with E-state index in [1.54, 1.807) is 4.57 Å². The van der Waals surface area contributed by atoms with Crippen molar-refractivity contribution in [3.63, 3.8) is 0 Å². The average Bonchev–Trinajstić information content (AvgIpc) is 2.70. The van der Waals surface area contributed by atoms with Crippen LogP contribution in [0.1, 0.15) is 25.0 Å². The summed E-state index contributed by atoms with van der Waals surface area (Å²) in [5.41, 5.74) is 0.933. The summed E-state index contributed by atoms with van der Waals surface area (Å²) in [6.45, 7) is 3.15. The van der Waals surface area contributed by atoms with Gasteiger partial charge >= 0.3 is 4.87 Å². The summed E-state index contributed by atoms with van der Waals surface area (Å²) in [7, 11) is 1.52. The molecule has 114 valence electrons. The molecule has 0 aromatic carbocycles. The second-order valence-corrected chi connectivity index (χ2v) is 5.47. The molecule has 7 heteroatoms. The van der Waals surface area contributed by atoms with Gasteiger partial charge in [-0.15, -0.1) is 0 Å².